The van der Waals surface area contributed by atoms with Gasteiger partial charge in [-0.05, 0) is 55.7 Å². The molecule has 1 aromatic rings. The third kappa shape index (κ3) is 7.54. The summed E-state index contributed by atoms with van der Waals surface area (Å²) in [7, 11) is -2.35. The Hall–Kier alpha value is -1.91. The highest BCUT2D eigenvalue weighted by Crippen LogP contribution is 2.15. The Morgan fingerprint density at radius 3 is 2.31 bits per heavy atom. The van der Waals surface area contributed by atoms with Crippen molar-refractivity contribution in [3.8, 4) is 5.75 Å². The van der Waals surface area contributed by atoms with Gasteiger partial charge in [-0.2, -0.15) is 4.72 Å². The van der Waals surface area contributed by atoms with Gasteiger partial charge < -0.3 is 10.1 Å². The van der Waals surface area contributed by atoms with Crippen LogP contribution in [0.2, 0.25) is 0 Å². The molecule has 1 atom stereocenters. The molecule has 0 heterocycles. The van der Waals surface area contributed by atoms with Crippen molar-refractivity contribution in [3.05, 3.63) is 24.3 Å². The lowest BCUT2D eigenvalue weighted by molar-refractivity contribution is -0.122. The van der Waals surface area contributed by atoms with E-state index in [-0.39, 0.29) is 10.0 Å². The zero-order chi connectivity index (χ0) is 19.7. The van der Waals surface area contributed by atoms with E-state index in [2.05, 4.69) is 34.7 Å². The molecule has 1 rings (SSSR count). The first kappa shape index (κ1) is 22.1. The van der Waals surface area contributed by atoms with Gasteiger partial charge in [-0.15, -0.1) is 0 Å². The van der Waals surface area contributed by atoms with Crippen LogP contribution in [0.3, 0.4) is 0 Å². The van der Waals surface area contributed by atoms with E-state index in [1.807, 2.05) is 0 Å². The molecule has 8 nitrogen and oxygen atoms in total. The molecular formula is C16H26N4O4S2. The lowest BCUT2D eigenvalue weighted by Gasteiger charge is -2.16. The highest BCUT2D eigenvalue weighted by atomic mass is 32.2. The fourth-order valence-corrected chi connectivity index (χ4v) is 3.21. The van der Waals surface area contributed by atoms with E-state index >= 15 is 0 Å². The largest absolute Gasteiger partial charge is 0.497 e. The molecular weight excluding hydrogens is 376 g/mol. The normalized spacial score (nSPS) is 12.3. The second kappa shape index (κ2) is 10.3. The number of thiocarbonyl (C=S) groups is 1. The van der Waals surface area contributed by atoms with E-state index in [0.717, 1.165) is 6.42 Å². The quantitative estimate of drug-likeness (QED) is 0.378. The summed E-state index contributed by atoms with van der Waals surface area (Å²) >= 11 is 5.03. The van der Waals surface area contributed by atoms with E-state index in [9.17, 15) is 13.2 Å². The predicted octanol–water partition coefficient (Wildman–Crippen LogP) is 0.903. The first-order chi connectivity index (χ1) is 12.2. The zero-order valence-corrected chi connectivity index (χ0v) is 17.0. The third-order valence-electron chi connectivity index (χ3n) is 3.40. The Kier molecular flexibility index (Phi) is 8.76. The monoisotopic (exact) mass is 402 g/mol. The highest BCUT2D eigenvalue weighted by molar-refractivity contribution is 7.89. The summed E-state index contributed by atoms with van der Waals surface area (Å²) in [6.07, 6.45) is 0.938. The number of benzene rings is 1. The standard InChI is InChI=1S/C16H26N4O4S2/c1-11(2)9-10-17-16(25)19-18-15(21)12(3)20-26(22,23)14-7-5-13(24-4)6-8-14/h5-8,11-12,20H,9-10H2,1-4H3,(H,18,21)(H2,17,19,25)/t12-/m0/s1. The van der Waals surface area contributed by atoms with Crippen molar-refractivity contribution >= 4 is 33.3 Å². The van der Waals surface area contributed by atoms with E-state index in [1.165, 1.54) is 38.3 Å². The molecule has 4 N–H and O–H groups in total. The summed E-state index contributed by atoms with van der Waals surface area (Å²) in [6, 6.07) is 4.87. The van der Waals surface area contributed by atoms with Crippen LogP contribution >= 0.6 is 12.2 Å². The number of ether oxygens (including phenoxy) is 1. The van der Waals surface area contributed by atoms with Crippen LogP contribution in [-0.4, -0.2) is 39.1 Å². The smallest absolute Gasteiger partial charge is 0.256 e. The van der Waals surface area contributed by atoms with Crippen LogP contribution in [0.5, 0.6) is 5.75 Å². The minimum absolute atomic E-state index is 0.0387. The maximum absolute atomic E-state index is 12.3. The number of methoxy groups -OCH3 is 1. The number of hydrogen-bond acceptors (Lipinski definition) is 5. The molecule has 0 aliphatic carbocycles. The average molecular weight is 403 g/mol. The van der Waals surface area contributed by atoms with Crippen LogP contribution in [0.25, 0.3) is 0 Å². The molecule has 0 aliphatic heterocycles. The maximum Gasteiger partial charge on any atom is 0.256 e. The van der Waals surface area contributed by atoms with Gasteiger partial charge in [0.1, 0.15) is 5.75 Å². The molecule has 0 spiro atoms. The Morgan fingerprint density at radius 2 is 1.77 bits per heavy atom. The molecule has 0 unspecified atom stereocenters. The molecule has 0 aromatic heterocycles. The minimum Gasteiger partial charge on any atom is -0.497 e. The van der Waals surface area contributed by atoms with Gasteiger partial charge in [0, 0.05) is 6.54 Å². The number of hydrogen-bond donors (Lipinski definition) is 4. The molecule has 146 valence electrons. The van der Waals surface area contributed by atoms with Crippen LogP contribution in [0, 0.1) is 5.92 Å². The van der Waals surface area contributed by atoms with Crippen molar-refractivity contribution in [3.63, 3.8) is 0 Å². The SMILES string of the molecule is COc1ccc(S(=O)(=O)N[C@@H](C)C(=O)NNC(=S)NCCC(C)C)cc1. The molecule has 0 saturated heterocycles. The van der Waals surface area contributed by atoms with E-state index < -0.39 is 22.0 Å². The van der Waals surface area contributed by atoms with Gasteiger partial charge in [0.25, 0.3) is 5.91 Å². The Morgan fingerprint density at radius 1 is 1.15 bits per heavy atom. The Labute approximate surface area is 160 Å². The molecule has 0 fully saturated rings. The van der Waals surface area contributed by atoms with Crippen molar-refractivity contribution in [2.24, 2.45) is 5.92 Å². The van der Waals surface area contributed by atoms with Crippen LogP contribution < -0.4 is 25.6 Å². The third-order valence-corrected chi connectivity index (χ3v) is 5.20. The molecule has 0 bridgehead atoms. The minimum atomic E-state index is -3.83. The van der Waals surface area contributed by atoms with Crippen molar-refractivity contribution in [1.29, 1.82) is 0 Å². The van der Waals surface area contributed by atoms with Gasteiger partial charge in [-0.25, -0.2) is 8.42 Å². The second-order valence-electron chi connectivity index (χ2n) is 6.07. The lowest BCUT2D eigenvalue weighted by atomic mass is 10.1. The maximum atomic E-state index is 12.3. The lowest BCUT2D eigenvalue weighted by Crippen LogP contribution is -2.53. The van der Waals surface area contributed by atoms with Crippen LogP contribution in [0.1, 0.15) is 27.2 Å². The molecule has 0 saturated carbocycles. The van der Waals surface area contributed by atoms with Gasteiger partial charge >= 0.3 is 0 Å². The van der Waals surface area contributed by atoms with Crippen molar-refractivity contribution in [1.82, 2.24) is 20.9 Å². The summed E-state index contributed by atoms with van der Waals surface area (Å²) in [5.74, 6) is 0.514. The first-order valence-corrected chi connectivity index (χ1v) is 10.0. The second-order valence-corrected chi connectivity index (χ2v) is 8.19. The van der Waals surface area contributed by atoms with Gasteiger partial charge in [0.05, 0.1) is 18.0 Å². The van der Waals surface area contributed by atoms with Crippen molar-refractivity contribution in [2.75, 3.05) is 13.7 Å². The number of nitrogens with one attached hydrogen (secondary N) is 4. The Bertz CT molecular complexity index is 705. The molecule has 10 heteroatoms. The van der Waals surface area contributed by atoms with Crippen molar-refractivity contribution < 1.29 is 17.9 Å². The summed E-state index contributed by atoms with van der Waals surface area (Å²) in [6.45, 7) is 6.30. The van der Waals surface area contributed by atoms with E-state index in [0.29, 0.717) is 18.2 Å². The van der Waals surface area contributed by atoms with Gasteiger partial charge in [-0.3, -0.25) is 15.6 Å². The van der Waals surface area contributed by atoms with E-state index in [1.54, 1.807) is 0 Å². The van der Waals surface area contributed by atoms with Gasteiger partial charge in [-0.1, -0.05) is 13.8 Å². The summed E-state index contributed by atoms with van der Waals surface area (Å²) in [4.78, 5) is 12.1. The molecule has 0 aliphatic rings. The van der Waals surface area contributed by atoms with Crippen LogP contribution in [-0.2, 0) is 14.8 Å². The van der Waals surface area contributed by atoms with Gasteiger partial charge in [0.15, 0.2) is 5.11 Å². The van der Waals surface area contributed by atoms with Crippen molar-refractivity contribution in [2.45, 2.75) is 38.1 Å². The number of carbonyl (C=O) groups is 1. The molecule has 1 aromatic carbocycles. The topological polar surface area (TPSA) is 109 Å². The average Bonchev–Trinajstić information content (AvgIpc) is 2.59. The predicted molar refractivity (Wildman–Crippen MR) is 104 cm³/mol. The number of sulfonamides is 1. The summed E-state index contributed by atoms with van der Waals surface area (Å²) in [5, 5.41) is 3.22. The Balaban J connectivity index is 2.50. The van der Waals surface area contributed by atoms with Crippen LogP contribution in [0.4, 0.5) is 0 Å². The fraction of sp³-hybridized carbons (Fsp3) is 0.500. The molecule has 0 radical (unpaired) electrons. The molecule has 1 amide bonds. The number of rotatable bonds is 8. The molecule has 26 heavy (non-hydrogen) atoms. The first-order valence-electron chi connectivity index (χ1n) is 8.15. The number of amides is 1. The highest BCUT2D eigenvalue weighted by Gasteiger charge is 2.22. The summed E-state index contributed by atoms with van der Waals surface area (Å²) in [5.41, 5.74) is 4.92. The summed E-state index contributed by atoms with van der Waals surface area (Å²) < 4.78 is 31.9. The van der Waals surface area contributed by atoms with E-state index in [4.69, 9.17) is 17.0 Å². The number of hydrazine groups is 1. The number of carbonyl (C=O) groups excluding carboxylic acids is 1. The fourth-order valence-electron chi connectivity index (χ4n) is 1.85. The zero-order valence-electron chi connectivity index (χ0n) is 15.3. The van der Waals surface area contributed by atoms with Crippen LogP contribution in [0.15, 0.2) is 29.2 Å². The van der Waals surface area contributed by atoms with Gasteiger partial charge in [0.2, 0.25) is 10.0 Å².